The number of hydrogen-bond donors (Lipinski definition) is 2. The van der Waals surface area contributed by atoms with Crippen LogP contribution in [0.1, 0.15) is 31.2 Å². The lowest BCUT2D eigenvalue weighted by Gasteiger charge is -2.12. The van der Waals surface area contributed by atoms with Crippen LogP contribution in [0.25, 0.3) is 11.4 Å². The Morgan fingerprint density at radius 3 is 2.59 bits per heavy atom. The molecule has 2 N–H and O–H groups in total. The van der Waals surface area contributed by atoms with Crippen LogP contribution in [0.4, 0.5) is 5.69 Å². The second-order valence-corrected chi connectivity index (χ2v) is 12.9. The Labute approximate surface area is 252 Å². The van der Waals surface area contributed by atoms with E-state index in [1.807, 2.05) is 59.2 Å². The third kappa shape index (κ3) is 7.63. The van der Waals surface area contributed by atoms with Crippen molar-refractivity contribution in [3.8, 4) is 11.4 Å². The fourth-order valence-corrected chi connectivity index (χ4v) is 6.72. The van der Waals surface area contributed by atoms with Crippen LogP contribution in [0.15, 0.2) is 98.4 Å². The highest BCUT2D eigenvalue weighted by Crippen LogP contribution is 2.30. The Morgan fingerprint density at radius 1 is 0.951 bits per heavy atom. The predicted molar refractivity (Wildman–Crippen MR) is 166 cm³/mol. The van der Waals surface area contributed by atoms with Crippen LogP contribution in [-0.4, -0.2) is 47.2 Å². The van der Waals surface area contributed by atoms with Crippen LogP contribution in [0.2, 0.25) is 0 Å². The van der Waals surface area contributed by atoms with Crippen molar-refractivity contribution in [3.05, 3.63) is 88.9 Å². The number of carbonyl (C=O) groups is 1. The van der Waals surface area contributed by atoms with E-state index in [9.17, 15) is 13.2 Å². The van der Waals surface area contributed by atoms with Crippen LogP contribution >= 0.6 is 27.7 Å². The average Bonchev–Trinajstić information content (AvgIpc) is 3.17. The largest absolute Gasteiger partial charge is 0.325 e. The molecule has 12 heteroatoms. The Morgan fingerprint density at radius 2 is 1.76 bits per heavy atom. The molecule has 1 aliphatic heterocycles. The van der Waals surface area contributed by atoms with Gasteiger partial charge in [-0.15, -0.1) is 10.2 Å². The van der Waals surface area contributed by atoms with Crippen molar-refractivity contribution in [1.29, 1.82) is 0 Å². The number of aromatic nitrogens is 3. The number of thioether (sulfide) groups is 1. The summed E-state index contributed by atoms with van der Waals surface area (Å²) in [4.78, 5) is 17.3. The lowest BCUT2D eigenvalue weighted by atomic mass is 10.2. The summed E-state index contributed by atoms with van der Waals surface area (Å²) in [5.74, 6) is 0.944. The molecule has 0 atom stereocenters. The van der Waals surface area contributed by atoms with Crippen molar-refractivity contribution in [2.24, 2.45) is 4.99 Å². The number of hydrogen-bond acceptors (Lipinski definition) is 7. The Kier molecular flexibility index (Phi) is 9.53. The summed E-state index contributed by atoms with van der Waals surface area (Å²) >= 11 is 4.87. The first-order chi connectivity index (χ1) is 19.9. The van der Waals surface area contributed by atoms with Gasteiger partial charge in [0.2, 0.25) is 5.91 Å². The number of carbonyl (C=O) groups excluding carboxylic acids is 1. The zero-order valence-corrected chi connectivity index (χ0v) is 25.4. The third-order valence-electron chi connectivity index (χ3n) is 6.40. The fourth-order valence-electron chi connectivity index (χ4n) is 4.39. The molecule has 0 saturated heterocycles. The van der Waals surface area contributed by atoms with Gasteiger partial charge in [0.1, 0.15) is 5.84 Å². The summed E-state index contributed by atoms with van der Waals surface area (Å²) in [6.07, 6.45) is 3.49. The van der Waals surface area contributed by atoms with Gasteiger partial charge in [-0.1, -0.05) is 88.7 Å². The standard InChI is InChI=1S/C29H29BrN6O3S2/c30-25-15-7-6-14-24(25)28-33-34-29(36(28)19-21-10-3-1-4-11-21)40-20-27(37)32-22-12-9-13-23(18-22)41(38,39)35-26-16-5-2-8-17-31-26/h1,3-4,6-7,9-15,18H,2,5,8,16-17,19-20H2,(H,31,35)(H,32,37). The SMILES string of the molecule is O=C(CSc1nnc(-c2ccccc2Br)n1Cc1ccccc1)Nc1cccc(S(=O)(=O)NC2=NCCCCC2)c1. The molecule has 0 saturated carbocycles. The number of benzene rings is 3. The van der Waals surface area contributed by atoms with Gasteiger partial charge in [-0.3, -0.25) is 19.1 Å². The highest BCUT2D eigenvalue weighted by Gasteiger charge is 2.20. The van der Waals surface area contributed by atoms with Gasteiger partial charge in [0.25, 0.3) is 10.0 Å². The van der Waals surface area contributed by atoms with Crippen LogP contribution in [0.3, 0.4) is 0 Å². The highest BCUT2D eigenvalue weighted by atomic mass is 79.9. The minimum absolute atomic E-state index is 0.0644. The van der Waals surface area contributed by atoms with E-state index in [2.05, 4.69) is 41.2 Å². The monoisotopic (exact) mass is 652 g/mol. The van der Waals surface area contributed by atoms with Gasteiger partial charge in [-0.2, -0.15) is 0 Å². The van der Waals surface area contributed by atoms with Gasteiger partial charge in [0, 0.05) is 28.7 Å². The summed E-state index contributed by atoms with van der Waals surface area (Å²) in [5.41, 5.74) is 2.36. The molecular formula is C29H29BrN6O3S2. The zero-order valence-electron chi connectivity index (χ0n) is 22.2. The van der Waals surface area contributed by atoms with E-state index in [-0.39, 0.29) is 16.6 Å². The third-order valence-corrected chi connectivity index (χ3v) is 9.44. The van der Waals surface area contributed by atoms with E-state index >= 15 is 0 Å². The van der Waals surface area contributed by atoms with Crippen molar-refractivity contribution in [1.82, 2.24) is 19.5 Å². The Bertz CT molecular complexity index is 1660. The lowest BCUT2D eigenvalue weighted by Crippen LogP contribution is -2.30. The molecule has 1 amide bonds. The first kappa shape index (κ1) is 29.0. The van der Waals surface area contributed by atoms with Crippen LogP contribution in [-0.2, 0) is 21.4 Å². The first-order valence-corrected chi connectivity index (χ1v) is 16.5. The molecule has 0 aliphatic carbocycles. The molecule has 2 heterocycles. The predicted octanol–water partition coefficient (Wildman–Crippen LogP) is 5.74. The smallest absolute Gasteiger partial charge is 0.262 e. The van der Waals surface area contributed by atoms with E-state index in [0.717, 1.165) is 34.9 Å². The van der Waals surface area contributed by atoms with E-state index in [1.54, 1.807) is 12.1 Å². The summed E-state index contributed by atoms with van der Waals surface area (Å²) in [6.45, 7) is 1.15. The molecule has 5 rings (SSSR count). The maximum atomic E-state index is 13.0. The summed E-state index contributed by atoms with van der Waals surface area (Å²) in [7, 11) is -3.81. The number of sulfonamides is 1. The number of amidine groups is 1. The Balaban J connectivity index is 1.29. The minimum atomic E-state index is -3.81. The molecule has 0 radical (unpaired) electrons. The van der Waals surface area contributed by atoms with Crippen molar-refractivity contribution in [2.75, 3.05) is 17.6 Å². The molecule has 3 aromatic carbocycles. The Hall–Kier alpha value is -3.48. The van der Waals surface area contributed by atoms with Crippen molar-refractivity contribution >= 4 is 55.1 Å². The molecule has 0 bridgehead atoms. The van der Waals surface area contributed by atoms with E-state index in [0.29, 0.717) is 42.0 Å². The molecule has 4 aromatic rings. The molecule has 212 valence electrons. The fraction of sp³-hybridized carbons (Fsp3) is 0.241. The molecule has 1 aromatic heterocycles. The van der Waals surface area contributed by atoms with Crippen LogP contribution in [0.5, 0.6) is 0 Å². The van der Waals surface area contributed by atoms with E-state index in [1.165, 1.54) is 23.9 Å². The van der Waals surface area contributed by atoms with Gasteiger partial charge >= 0.3 is 0 Å². The van der Waals surface area contributed by atoms with Gasteiger partial charge < -0.3 is 5.32 Å². The van der Waals surface area contributed by atoms with E-state index < -0.39 is 10.0 Å². The number of amides is 1. The number of anilines is 1. The average molecular weight is 654 g/mol. The summed E-state index contributed by atoms with van der Waals surface area (Å²) in [5, 5.41) is 12.2. The second kappa shape index (κ2) is 13.5. The molecular weight excluding hydrogens is 624 g/mol. The molecule has 0 unspecified atom stereocenters. The normalized spacial score (nSPS) is 13.7. The van der Waals surface area contributed by atoms with Crippen molar-refractivity contribution in [3.63, 3.8) is 0 Å². The molecule has 41 heavy (non-hydrogen) atoms. The maximum absolute atomic E-state index is 13.0. The number of rotatable bonds is 9. The zero-order chi connectivity index (χ0) is 28.7. The molecule has 1 aliphatic rings. The number of nitrogens with zero attached hydrogens (tertiary/aromatic N) is 4. The quantitative estimate of drug-likeness (QED) is 0.223. The number of nitrogens with one attached hydrogen (secondary N) is 2. The van der Waals surface area contributed by atoms with Crippen LogP contribution in [0, 0.1) is 0 Å². The summed E-state index contributed by atoms with van der Waals surface area (Å²) in [6, 6.07) is 24.0. The van der Waals surface area contributed by atoms with Crippen molar-refractivity contribution < 1.29 is 13.2 Å². The lowest BCUT2D eigenvalue weighted by molar-refractivity contribution is -0.113. The molecule has 9 nitrogen and oxygen atoms in total. The number of aliphatic imine (C=N–C) groups is 1. The van der Waals surface area contributed by atoms with Crippen LogP contribution < -0.4 is 10.0 Å². The van der Waals surface area contributed by atoms with E-state index in [4.69, 9.17) is 0 Å². The molecule has 0 spiro atoms. The van der Waals surface area contributed by atoms with Gasteiger partial charge in [-0.05, 0) is 42.7 Å². The summed E-state index contributed by atoms with van der Waals surface area (Å²) < 4.78 is 31.4. The maximum Gasteiger partial charge on any atom is 0.262 e. The second-order valence-electron chi connectivity index (χ2n) is 9.47. The molecule has 0 fully saturated rings. The topological polar surface area (TPSA) is 118 Å². The first-order valence-electron chi connectivity index (χ1n) is 13.2. The number of halogens is 1. The van der Waals surface area contributed by atoms with Gasteiger partial charge in [0.05, 0.1) is 17.2 Å². The highest BCUT2D eigenvalue weighted by molar-refractivity contribution is 9.10. The minimum Gasteiger partial charge on any atom is -0.325 e. The van der Waals surface area contributed by atoms with Crippen molar-refractivity contribution in [2.45, 2.75) is 42.3 Å². The van der Waals surface area contributed by atoms with Gasteiger partial charge in [-0.25, -0.2) is 8.42 Å². The van der Waals surface area contributed by atoms with Gasteiger partial charge in [0.15, 0.2) is 11.0 Å².